The summed E-state index contributed by atoms with van der Waals surface area (Å²) >= 11 is 0. The lowest BCUT2D eigenvalue weighted by Gasteiger charge is -2.11. The minimum absolute atomic E-state index is 0.0190. The molecular weight excluding hydrogens is 300 g/mol. The van der Waals surface area contributed by atoms with Gasteiger partial charge in [0.1, 0.15) is 11.4 Å². The van der Waals surface area contributed by atoms with Crippen molar-refractivity contribution in [3.8, 4) is 5.75 Å². The Morgan fingerprint density at radius 1 is 1.35 bits per heavy atom. The first-order valence-electron chi connectivity index (χ1n) is 6.77. The summed E-state index contributed by atoms with van der Waals surface area (Å²) in [7, 11) is 1.50. The standard InChI is InChI=1S/C15H16N4O4/c1-9-3-4-12(23-2)10(5-9)19-14(21)8-18-15(22)11-6-17-13(20)7-16-11/h3-7H,8H2,1-2H3,(H,17,20)(H,18,22)(H,19,21). The maximum absolute atomic E-state index is 11.9. The van der Waals surface area contributed by atoms with Crippen LogP contribution in [0.1, 0.15) is 16.1 Å². The second-order valence-electron chi connectivity index (χ2n) is 4.73. The number of aromatic nitrogens is 2. The third-order valence-electron chi connectivity index (χ3n) is 2.94. The first-order valence-corrected chi connectivity index (χ1v) is 6.77. The Balaban J connectivity index is 1.95. The van der Waals surface area contributed by atoms with Crippen LogP contribution >= 0.6 is 0 Å². The lowest BCUT2D eigenvalue weighted by molar-refractivity contribution is -0.115. The zero-order chi connectivity index (χ0) is 16.8. The third-order valence-corrected chi connectivity index (χ3v) is 2.94. The van der Waals surface area contributed by atoms with E-state index in [4.69, 9.17) is 4.74 Å². The summed E-state index contributed by atoms with van der Waals surface area (Å²) in [6, 6.07) is 5.37. The highest BCUT2D eigenvalue weighted by Gasteiger charge is 2.11. The maximum Gasteiger partial charge on any atom is 0.271 e. The fourth-order valence-electron chi connectivity index (χ4n) is 1.83. The molecule has 0 radical (unpaired) electrons. The topological polar surface area (TPSA) is 113 Å². The van der Waals surface area contributed by atoms with E-state index >= 15 is 0 Å². The Morgan fingerprint density at radius 2 is 2.13 bits per heavy atom. The summed E-state index contributed by atoms with van der Waals surface area (Å²) < 4.78 is 5.16. The van der Waals surface area contributed by atoms with Crippen molar-refractivity contribution in [3.63, 3.8) is 0 Å². The number of rotatable bonds is 5. The number of nitrogens with one attached hydrogen (secondary N) is 3. The largest absolute Gasteiger partial charge is 0.495 e. The molecule has 1 aromatic heterocycles. The van der Waals surface area contributed by atoms with E-state index in [0.717, 1.165) is 11.8 Å². The molecule has 2 amide bonds. The molecule has 0 saturated carbocycles. The molecule has 0 unspecified atom stereocenters. The number of carbonyl (C=O) groups is 2. The van der Waals surface area contributed by atoms with E-state index in [1.54, 1.807) is 12.1 Å². The number of H-pyrrole nitrogens is 1. The number of amides is 2. The van der Waals surface area contributed by atoms with Gasteiger partial charge in [0.25, 0.3) is 11.5 Å². The molecule has 0 bridgehead atoms. The first kappa shape index (κ1) is 16.2. The minimum atomic E-state index is -0.562. The van der Waals surface area contributed by atoms with Gasteiger partial charge in [-0.25, -0.2) is 4.98 Å². The molecule has 0 aliphatic carbocycles. The van der Waals surface area contributed by atoms with E-state index in [-0.39, 0.29) is 12.2 Å². The highest BCUT2D eigenvalue weighted by molar-refractivity contribution is 5.98. The molecule has 0 aliphatic rings. The zero-order valence-electron chi connectivity index (χ0n) is 12.7. The van der Waals surface area contributed by atoms with Crippen molar-refractivity contribution >= 4 is 17.5 Å². The number of carbonyl (C=O) groups excluding carboxylic acids is 2. The Hall–Kier alpha value is -3.16. The van der Waals surface area contributed by atoms with Gasteiger partial charge in [0.05, 0.1) is 25.5 Å². The SMILES string of the molecule is COc1ccc(C)cc1NC(=O)CNC(=O)c1c[nH]c(=O)cn1. The molecule has 2 rings (SSSR count). The third kappa shape index (κ3) is 4.40. The van der Waals surface area contributed by atoms with Crippen LogP contribution in [0.5, 0.6) is 5.75 Å². The lowest BCUT2D eigenvalue weighted by Crippen LogP contribution is -2.33. The van der Waals surface area contributed by atoms with Gasteiger partial charge in [-0.1, -0.05) is 6.07 Å². The van der Waals surface area contributed by atoms with Crippen LogP contribution in [-0.2, 0) is 4.79 Å². The van der Waals surface area contributed by atoms with Crippen molar-refractivity contribution in [3.05, 3.63) is 52.2 Å². The fourth-order valence-corrected chi connectivity index (χ4v) is 1.83. The number of aromatic amines is 1. The van der Waals surface area contributed by atoms with Gasteiger partial charge >= 0.3 is 0 Å². The van der Waals surface area contributed by atoms with E-state index in [9.17, 15) is 14.4 Å². The molecule has 120 valence electrons. The Morgan fingerprint density at radius 3 is 2.78 bits per heavy atom. The Kier molecular flexibility index (Phi) is 5.08. The number of hydrogen-bond donors (Lipinski definition) is 3. The average molecular weight is 316 g/mol. The molecule has 8 heteroatoms. The molecular formula is C15H16N4O4. The normalized spacial score (nSPS) is 10.0. The van der Waals surface area contributed by atoms with Crippen molar-refractivity contribution in [1.29, 1.82) is 0 Å². The van der Waals surface area contributed by atoms with E-state index in [2.05, 4.69) is 20.6 Å². The molecule has 23 heavy (non-hydrogen) atoms. The van der Waals surface area contributed by atoms with Gasteiger partial charge in [-0.2, -0.15) is 0 Å². The second-order valence-corrected chi connectivity index (χ2v) is 4.73. The quantitative estimate of drug-likeness (QED) is 0.741. The Labute approximate surface area is 131 Å². The maximum atomic E-state index is 11.9. The van der Waals surface area contributed by atoms with Crippen LogP contribution < -0.4 is 20.9 Å². The monoisotopic (exact) mass is 316 g/mol. The molecule has 0 spiro atoms. The van der Waals surface area contributed by atoms with E-state index in [1.807, 2.05) is 13.0 Å². The van der Waals surface area contributed by atoms with Crippen molar-refractivity contribution < 1.29 is 14.3 Å². The summed E-state index contributed by atoms with van der Waals surface area (Å²) in [4.78, 5) is 40.6. The van der Waals surface area contributed by atoms with Crippen molar-refractivity contribution in [1.82, 2.24) is 15.3 Å². The van der Waals surface area contributed by atoms with E-state index < -0.39 is 17.4 Å². The number of nitrogens with zero attached hydrogens (tertiary/aromatic N) is 1. The van der Waals surface area contributed by atoms with Crippen molar-refractivity contribution in [2.24, 2.45) is 0 Å². The molecule has 1 aromatic carbocycles. The summed E-state index contributed by atoms with van der Waals surface area (Å²) in [6.45, 7) is 1.65. The molecule has 0 atom stereocenters. The van der Waals surface area contributed by atoms with E-state index in [0.29, 0.717) is 11.4 Å². The average Bonchev–Trinajstić information content (AvgIpc) is 2.53. The summed E-state index contributed by atoms with van der Waals surface area (Å²) in [5, 5.41) is 5.08. The smallest absolute Gasteiger partial charge is 0.271 e. The highest BCUT2D eigenvalue weighted by Crippen LogP contribution is 2.24. The summed E-state index contributed by atoms with van der Waals surface area (Å²) in [6.07, 6.45) is 2.17. The highest BCUT2D eigenvalue weighted by atomic mass is 16.5. The minimum Gasteiger partial charge on any atom is -0.495 e. The number of anilines is 1. The summed E-state index contributed by atoms with van der Waals surface area (Å²) in [5.41, 5.74) is 1.09. The summed E-state index contributed by atoms with van der Waals surface area (Å²) in [5.74, 6) is -0.447. The number of ether oxygens (including phenoxy) is 1. The van der Waals surface area contributed by atoms with Crippen LogP contribution in [0.25, 0.3) is 0 Å². The first-order chi connectivity index (χ1) is 11.0. The van der Waals surface area contributed by atoms with Gasteiger partial charge in [0, 0.05) is 6.20 Å². The van der Waals surface area contributed by atoms with Gasteiger partial charge in [-0.05, 0) is 24.6 Å². The predicted octanol–water partition coefficient (Wildman–Crippen LogP) is 0.455. The van der Waals surface area contributed by atoms with E-state index in [1.165, 1.54) is 13.3 Å². The van der Waals surface area contributed by atoms with Crippen LogP contribution in [-0.4, -0.2) is 35.4 Å². The second kappa shape index (κ2) is 7.21. The van der Waals surface area contributed by atoms with Gasteiger partial charge in [0.2, 0.25) is 5.91 Å². The van der Waals surface area contributed by atoms with Crippen molar-refractivity contribution in [2.45, 2.75) is 6.92 Å². The Bertz CT molecular complexity index is 765. The van der Waals surface area contributed by atoms with Crippen LogP contribution in [0.15, 0.2) is 35.4 Å². The molecule has 0 saturated heterocycles. The lowest BCUT2D eigenvalue weighted by atomic mass is 10.2. The molecule has 0 fully saturated rings. The van der Waals surface area contributed by atoms with Crippen molar-refractivity contribution in [2.75, 3.05) is 19.0 Å². The van der Waals surface area contributed by atoms with Crippen LogP contribution in [0, 0.1) is 6.92 Å². The number of methoxy groups -OCH3 is 1. The molecule has 8 nitrogen and oxygen atoms in total. The molecule has 3 N–H and O–H groups in total. The number of hydrogen-bond acceptors (Lipinski definition) is 5. The van der Waals surface area contributed by atoms with Gasteiger partial charge in [0.15, 0.2) is 0 Å². The van der Waals surface area contributed by atoms with Crippen LogP contribution in [0.4, 0.5) is 5.69 Å². The number of aryl methyl sites for hydroxylation is 1. The van der Waals surface area contributed by atoms with Crippen LogP contribution in [0.3, 0.4) is 0 Å². The van der Waals surface area contributed by atoms with Gasteiger partial charge < -0.3 is 20.4 Å². The van der Waals surface area contributed by atoms with Crippen LogP contribution in [0.2, 0.25) is 0 Å². The van der Waals surface area contributed by atoms with Gasteiger partial charge in [-0.15, -0.1) is 0 Å². The zero-order valence-corrected chi connectivity index (χ0v) is 12.7. The molecule has 2 aromatic rings. The number of benzene rings is 1. The van der Waals surface area contributed by atoms with Gasteiger partial charge in [-0.3, -0.25) is 14.4 Å². The fraction of sp³-hybridized carbons (Fsp3) is 0.200. The molecule has 1 heterocycles. The predicted molar refractivity (Wildman–Crippen MR) is 83.6 cm³/mol. The molecule has 0 aliphatic heterocycles.